The molecule has 49 heavy (non-hydrogen) atoms. The lowest BCUT2D eigenvalue weighted by atomic mass is 9.85. The molecule has 2 aromatic heterocycles. The van der Waals surface area contributed by atoms with Gasteiger partial charge < -0.3 is 4.42 Å². The highest BCUT2D eigenvalue weighted by molar-refractivity contribution is 6.07. The monoisotopic (exact) mass is 626 g/mol. The van der Waals surface area contributed by atoms with Crippen molar-refractivity contribution in [3.63, 3.8) is 0 Å². The summed E-state index contributed by atoms with van der Waals surface area (Å²) in [4.78, 5) is 10.5. The second-order valence-corrected chi connectivity index (χ2v) is 12.2. The van der Waals surface area contributed by atoms with Gasteiger partial charge in [-0.3, -0.25) is 0 Å². The summed E-state index contributed by atoms with van der Waals surface area (Å²) < 4.78 is 6.25. The third-order valence-corrected chi connectivity index (χ3v) is 9.10. The molecule has 0 amide bonds. The van der Waals surface area contributed by atoms with E-state index in [2.05, 4.69) is 146 Å². The molecule has 0 aliphatic heterocycles. The second kappa shape index (κ2) is 12.2. The van der Waals surface area contributed by atoms with Gasteiger partial charge in [-0.15, -0.1) is 0 Å². The Morgan fingerprint density at radius 3 is 1.55 bits per heavy atom. The number of furan rings is 1. The molecule has 2 heterocycles. The molecule has 230 valence electrons. The highest BCUT2D eigenvalue weighted by Gasteiger charge is 2.21. The lowest BCUT2D eigenvalue weighted by Crippen LogP contribution is -1.99. The number of hydrogen-bond acceptors (Lipinski definition) is 3. The Morgan fingerprint density at radius 2 is 0.857 bits per heavy atom. The standard InChI is InChI=1S/C46H30N2O/c1-5-15-31(16-6-1)36-28-38(32-17-7-2-8-18-32)45(39(29-36)35-25-26-44-40(27-35)37-23-13-14-24-43(37)49-44)42-30-41(33-19-9-3-10-20-33)47-46(48-42)34-21-11-4-12-22-34/h1-30H. The second-order valence-electron chi connectivity index (χ2n) is 12.2. The van der Waals surface area contributed by atoms with Crippen molar-refractivity contribution in [1.29, 1.82) is 0 Å². The zero-order chi connectivity index (χ0) is 32.6. The van der Waals surface area contributed by atoms with E-state index >= 15 is 0 Å². The maximum absolute atomic E-state index is 6.25. The number of rotatable bonds is 6. The molecule has 0 aliphatic carbocycles. The van der Waals surface area contributed by atoms with Gasteiger partial charge in [-0.05, 0) is 69.8 Å². The molecular formula is C46H30N2O. The minimum absolute atomic E-state index is 0.685. The van der Waals surface area contributed by atoms with Gasteiger partial charge in [-0.2, -0.15) is 0 Å². The van der Waals surface area contributed by atoms with Crippen LogP contribution < -0.4 is 0 Å². The van der Waals surface area contributed by atoms with Crippen molar-refractivity contribution in [2.45, 2.75) is 0 Å². The fourth-order valence-corrected chi connectivity index (χ4v) is 6.73. The highest BCUT2D eigenvalue weighted by atomic mass is 16.3. The van der Waals surface area contributed by atoms with Crippen LogP contribution in [0.4, 0.5) is 0 Å². The van der Waals surface area contributed by atoms with Gasteiger partial charge in [-0.25, -0.2) is 9.97 Å². The molecule has 3 heteroatoms. The Hall–Kier alpha value is -6.58. The van der Waals surface area contributed by atoms with Crippen LogP contribution in [-0.2, 0) is 0 Å². The van der Waals surface area contributed by atoms with Crippen molar-refractivity contribution in [2.24, 2.45) is 0 Å². The van der Waals surface area contributed by atoms with Gasteiger partial charge in [0.05, 0.1) is 11.4 Å². The summed E-state index contributed by atoms with van der Waals surface area (Å²) in [5, 5.41) is 2.19. The first kappa shape index (κ1) is 28.6. The van der Waals surface area contributed by atoms with Crippen LogP contribution in [0.5, 0.6) is 0 Å². The minimum atomic E-state index is 0.685. The molecule has 0 spiro atoms. The number of hydrogen-bond donors (Lipinski definition) is 0. The third-order valence-electron chi connectivity index (χ3n) is 9.10. The predicted octanol–water partition coefficient (Wildman–Crippen LogP) is 12.4. The lowest BCUT2D eigenvalue weighted by Gasteiger charge is -2.20. The van der Waals surface area contributed by atoms with Gasteiger partial charge in [0.25, 0.3) is 0 Å². The van der Waals surface area contributed by atoms with Crippen LogP contribution in [0.15, 0.2) is 186 Å². The number of aromatic nitrogens is 2. The van der Waals surface area contributed by atoms with E-state index in [1.54, 1.807) is 0 Å². The molecule has 0 radical (unpaired) electrons. The van der Waals surface area contributed by atoms with Crippen LogP contribution in [0, 0.1) is 0 Å². The van der Waals surface area contributed by atoms with Crippen molar-refractivity contribution in [3.05, 3.63) is 182 Å². The van der Waals surface area contributed by atoms with Crippen molar-refractivity contribution in [1.82, 2.24) is 9.97 Å². The number of nitrogens with zero attached hydrogens (tertiary/aromatic N) is 2. The Labute approximate surface area is 284 Å². The number of benzene rings is 7. The van der Waals surface area contributed by atoms with Gasteiger partial charge in [0, 0.05) is 27.5 Å². The maximum atomic E-state index is 6.25. The molecule has 9 aromatic rings. The quantitative estimate of drug-likeness (QED) is 0.184. The van der Waals surface area contributed by atoms with Crippen LogP contribution in [0.3, 0.4) is 0 Å². The van der Waals surface area contributed by atoms with Gasteiger partial charge in [0.15, 0.2) is 5.82 Å². The van der Waals surface area contributed by atoms with Crippen molar-refractivity contribution in [3.8, 4) is 67.3 Å². The lowest BCUT2D eigenvalue weighted by molar-refractivity contribution is 0.669. The number of fused-ring (bicyclic) bond motifs is 3. The summed E-state index contributed by atoms with van der Waals surface area (Å²) in [6.07, 6.45) is 0. The van der Waals surface area contributed by atoms with E-state index in [0.717, 1.165) is 83.4 Å². The molecule has 0 unspecified atom stereocenters. The van der Waals surface area contributed by atoms with Gasteiger partial charge >= 0.3 is 0 Å². The molecule has 0 saturated heterocycles. The van der Waals surface area contributed by atoms with E-state index in [1.165, 1.54) is 0 Å². The van der Waals surface area contributed by atoms with Crippen LogP contribution in [-0.4, -0.2) is 9.97 Å². The van der Waals surface area contributed by atoms with Crippen LogP contribution >= 0.6 is 0 Å². The van der Waals surface area contributed by atoms with E-state index in [-0.39, 0.29) is 0 Å². The maximum Gasteiger partial charge on any atom is 0.160 e. The Bertz CT molecular complexity index is 2520. The van der Waals surface area contributed by atoms with E-state index in [1.807, 2.05) is 36.4 Å². The molecule has 0 fully saturated rings. The molecule has 0 saturated carbocycles. The minimum Gasteiger partial charge on any atom is -0.456 e. The summed E-state index contributed by atoms with van der Waals surface area (Å²) in [5.41, 5.74) is 13.2. The summed E-state index contributed by atoms with van der Waals surface area (Å²) in [6, 6.07) is 63.4. The van der Waals surface area contributed by atoms with Crippen LogP contribution in [0.25, 0.3) is 89.2 Å². The topological polar surface area (TPSA) is 38.9 Å². The van der Waals surface area contributed by atoms with Crippen LogP contribution in [0.1, 0.15) is 0 Å². The van der Waals surface area contributed by atoms with E-state index < -0.39 is 0 Å². The zero-order valence-corrected chi connectivity index (χ0v) is 26.6. The Balaban J connectivity index is 1.39. The molecule has 0 N–H and O–H groups in total. The molecule has 7 aromatic carbocycles. The van der Waals surface area contributed by atoms with Gasteiger partial charge in [0.1, 0.15) is 11.2 Å². The van der Waals surface area contributed by atoms with Crippen LogP contribution in [0.2, 0.25) is 0 Å². The predicted molar refractivity (Wildman–Crippen MR) is 202 cm³/mol. The molecular weight excluding hydrogens is 597 g/mol. The Morgan fingerprint density at radius 1 is 0.327 bits per heavy atom. The first-order chi connectivity index (χ1) is 24.3. The van der Waals surface area contributed by atoms with Gasteiger partial charge in [-0.1, -0.05) is 146 Å². The molecule has 9 rings (SSSR count). The first-order valence-electron chi connectivity index (χ1n) is 16.5. The summed E-state index contributed by atoms with van der Waals surface area (Å²) in [5.74, 6) is 0.685. The smallest absolute Gasteiger partial charge is 0.160 e. The zero-order valence-electron chi connectivity index (χ0n) is 26.6. The SMILES string of the molecule is c1ccc(-c2cc(-c3ccccc3)c(-c3cc(-c4ccccc4)nc(-c4ccccc4)n3)c(-c3ccc4oc5ccccc5c4c3)c2)cc1. The van der Waals surface area contributed by atoms with Crippen molar-refractivity contribution >= 4 is 21.9 Å². The highest BCUT2D eigenvalue weighted by Crippen LogP contribution is 2.45. The third kappa shape index (κ3) is 5.38. The summed E-state index contributed by atoms with van der Waals surface area (Å²) in [7, 11) is 0. The Kier molecular flexibility index (Phi) is 7.14. The molecule has 3 nitrogen and oxygen atoms in total. The molecule has 0 aliphatic rings. The van der Waals surface area contributed by atoms with Crippen molar-refractivity contribution in [2.75, 3.05) is 0 Å². The molecule has 0 atom stereocenters. The summed E-state index contributed by atoms with van der Waals surface area (Å²) >= 11 is 0. The van der Waals surface area contributed by atoms with E-state index in [4.69, 9.17) is 14.4 Å². The number of para-hydroxylation sites is 1. The van der Waals surface area contributed by atoms with Crippen molar-refractivity contribution < 1.29 is 4.42 Å². The average molecular weight is 627 g/mol. The summed E-state index contributed by atoms with van der Waals surface area (Å²) in [6.45, 7) is 0. The fraction of sp³-hybridized carbons (Fsp3) is 0. The van der Waals surface area contributed by atoms with Gasteiger partial charge in [0.2, 0.25) is 0 Å². The fourth-order valence-electron chi connectivity index (χ4n) is 6.73. The normalized spacial score (nSPS) is 11.3. The van der Waals surface area contributed by atoms with E-state index in [0.29, 0.717) is 5.82 Å². The average Bonchev–Trinajstić information content (AvgIpc) is 3.56. The molecule has 0 bridgehead atoms. The first-order valence-corrected chi connectivity index (χ1v) is 16.5. The largest absolute Gasteiger partial charge is 0.456 e. The van der Waals surface area contributed by atoms with E-state index in [9.17, 15) is 0 Å².